The fourth-order valence-electron chi connectivity index (χ4n) is 2.67. The number of benzene rings is 2. The topological polar surface area (TPSA) is 66.5 Å². The van der Waals surface area contributed by atoms with E-state index in [0.717, 1.165) is 18.4 Å². The molecule has 0 aliphatic heterocycles. The summed E-state index contributed by atoms with van der Waals surface area (Å²) in [6.45, 7) is 4.88. The van der Waals surface area contributed by atoms with E-state index in [1.54, 1.807) is 24.3 Å². The summed E-state index contributed by atoms with van der Waals surface area (Å²) < 4.78 is 27.0. The zero-order valence-electron chi connectivity index (χ0n) is 16.1. The van der Waals surface area contributed by atoms with Crippen molar-refractivity contribution in [1.29, 1.82) is 0 Å². The van der Waals surface area contributed by atoms with Crippen LogP contribution in [0.3, 0.4) is 0 Å². The summed E-state index contributed by atoms with van der Waals surface area (Å²) in [6, 6.07) is 13.4. The van der Waals surface area contributed by atoms with Gasteiger partial charge in [0, 0.05) is 29.9 Å². The molecule has 1 N–H and O–H groups in total. The van der Waals surface area contributed by atoms with E-state index < -0.39 is 10.0 Å². The number of nitrogens with zero attached hydrogens (tertiary/aromatic N) is 1. The Morgan fingerprint density at radius 3 is 2.21 bits per heavy atom. The van der Waals surface area contributed by atoms with Crippen molar-refractivity contribution in [3.8, 4) is 0 Å². The number of carbonyl (C=O) groups excluding carboxylic acids is 1. The zero-order chi connectivity index (χ0) is 20.6. The molecule has 2 aromatic carbocycles. The molecule has 0 saturated carbocycles. The maximum atomic E-state index is 12.8. The van der Waals surface area contributed by atoms with Gasteiger partial charge in [0.2, 0.25) is 15.9 Å². The fourth-order valence-corrected chi connectivity index (χ4v) is 4.49. The summed E-state index contributed by atoms with van der Waals surface area (Å²) >= 11 is 6.05. The molecule has 0 fully saturated rings. The molecular formula is C21H25ClN2O3S. The third kappa shape index (κ3) is 5.92. The molecule has 7 heteroatoms. The Morgan fingerprint density at radius 2 is 1.64 bits per heavy atom. The Kier molecular flexibility index (Phi) is 8.23. The molecule has 0 aliphatic rings. The number of amides is 1. The van der Waals surface area contributed by atoms with Gasteiger partial charge in [0.1, 0.15) is 0 Å². The van der Waals surface area contributed by atoms with Crippen LogP contribution in [0.4, 0.5) is 5.69 Å². The van der Waals surface area contributed by atoms with E-state index in [2.05, 4.69) is 5.32 Å². The van der Waals surface area contributed by atoms with Gasteiger partial charge in [-0.15, -0.1) is 0 Å². The minimum atomic E-state index is -3.53. The highest BCUT2D eigenvalue weighted by atomic mass is 35.5. The van der Waals surface area contributed by atoms with Gasteiger partial charge in [-0.2, -0.15) is 4.31 Å². The first kappa shape index (κ1) is 22.1. The maximum absolute atomic E-state index is 12.8. The number of hydrogen-bond donors (Lipinski definition) is 1. The summed E-state index contributed by atoms with van der Waals surface area (Å²) in [7, 11) is -3.53. The van der Waals surface area contributed by atoms with E-state index >= 15 is 0 Å². The van der Waals surface area contributed by atoms with E-state index in [1.807, 2.05) is 32.0 Å². The van der Waals surface area contributed by atoms with Crippen LogP contribution in [-0.4, -0.2) is 31.7 Å². The number of sulfonamides is 1. The van der Waals surface area contributed by atoms with E-state index in [0.29, 0.717) is 23.8 Å². The smallest absolute Gasteiger partial charge is 0.248 e. The highest BCUT2D eigenvalue weighted by Gasteiger charge is 2.22. The van der Waals surface area contributed by atoms with E-state index in [1.165, 1.54) is 22.5 Å². The molecule has 1 amide bonds. The molecule has 0 atom stereocenters. The summed E-state index contributed by atoms with van der Waals surface area (Å²) in [6.07, 6.45) is 4.52. The fraction of sp³-hybridized carbons (Fsp3) is 0.286. The molecule has 28 heavy (non-hydrogen) atoms. The Labute approximate surface area is 172 Å². The Hall–Kier alpha value is -2.15. The second-order valence-electron chi connectivity index (χ2n) is 6.27. The van der Waals surface area contributed by atoms with Crippen molar-refractivity contribution in [3.05, 3.63) is 65.2 Å². The van der Waals surface area contributed by atoms with Crippen LogP contribution >= 0.6 is 11.6 Å². The third-order valence-corrected chi connectivity index (χ3v) is 6.28. The number of rotatable bonds is 9. The maximum Gasteiger partial charge on any atom is 0.248 e. The zero-order valence-corrected chi connectivity index (χ0v) is 17.6. The first-order chi connectivity index (χ1) is 13.4. The Bertz CT molecular complexity index is 919. The van der Waals surface area contributed by atoms with Crippen LogP contribution in [-0.2, 0) is 14.8 Å². The highest BCUT2D eigenvalue weighted by Crippen LogP contribution is 2.20. The van der Waals surface area contributed by atoms with Gasteiger partial charge < -0.3 is 5.32 Å². The minimum absolute atomic E-state index is 0.221. The van der Waals surface area contributed by atoms with E-state index in [9.17, 15) is 13.2 Å². The van der Waals surface area contributed by atoms with Crippen molar-refractivity contribution in [2.75, 3.05) is 18.4 Å². The average Bonchev–Trinajstić information content (AvgIpc) is 2.67. The molecule has 2 aromatic rings. The van der Waals surface area contributed by atoms with Gasteiger partial charge >= 0.3 is 0 Å². The molecular weight excluding hydrogens is 396 g/mol. The van der Waals surface area contributed by atoms with Crippen LogP contribution < -0.4 is 5.32 Å². The summed E-state index contributed by atoms with van der Waals surface area (Å²) in [5.41, 5.74) is 1.26. The lowest BCUT2D eigenvalue weighted by molar-refractivity contribution is -0.111. The lowest BCUT2D eigenvalue weighted by atomic mass is 10.2. The molecule has 0 heterocycles. The standard InChI is InChI=1S/C21H25ClN2O3S/c1-3-15-24(16-4-2)28(26,27)19-12-10-18(11-13-19)23-21(25)14-9-17-7-5-6-8-20(17)22/h5-14H,3-4,15-16H2,1-2H3,(H,23,25)/b14-9+. The molecule has 0 aromatic heterocycles. The Balaban J connectivity index is 2.07. The molecule has 0 saturated heterocycles. The second kappa shape index (κ2) is 10.4. The molecule has 0 aliphatic carbocycles. The van der Waals surface area contributed by atoms with Crippen molar-refractivity contribution >= 4 is 39.3 Å². The van der Waals surface area contributed by atoms with Crippen LogP contribution in [0, 0.1) is 0 Å². The first-order valence-electron chi connectivity index (χ1n) is 9.22. The second-order valence-corrected chi connectivity index (χ2v) is 8.62. The summed E-state index contributed by atoms with van der Waals surface area (Å²) in [4.78, 5) is 12.3. The third-order valence-electron chi connectivity index (χ3n) is 4.03. The molecule has 0 radical (unpaired) electrons. The van der Waals surface area contributed by atoms with E-state index in [-0.39, 0.29) is 10.8 Å². The van der Waals surface area contributed by atoms with Crippen LogP contribution in [0.1, 0.15) is 32.3 Å². The molecule has 0 unspecified atom stereocenters. The molecule has 2 rings (SSSR count). The lowest BCUT2D eigenvalue weighted by Crippen LogP contribution is -2.32. The summed E-state index contributed by atoms with van der Waals surface area (Å²) in [5, 5.41) is 3.27. The normalized spacial score (nSPS) is 11.9. The van der Waals surface area contributed by atoms with Gasteiger partial charge in [-0.05, 0) is 54.8 Å². The Morgan fingerprint density at radius 1 is 1.04 bits per heavy atom. The van der Waals surface area contributed by atoms with Gasteiger partial charge in [-0.1, -0.05) is 43.6 Å². The predicted octanol–water partition coefficient (Wildman–Crippen LogP) is 4.80. The van der Waals surface area contributed by atoms with Gasteiger partial charge in [0.15, 0.2) is 0 Å². The van der Waals surface area contributed by atoms with Crippen LogP contribution in [0.15, 0.2) is 59.5 Å². The van der Waals surface area contributed by atoms with Gasteiger partial charge in [-0.3, -0.25) is 4.79 Å². The van der Waals surface area contributed by atoms with E-state index in [4.69, 9.17) is 11.6 Å². The van der Waals surface area contributed by atoms with Crippen LogP contribution in [0.5, 0.6) is 0 Å². The van der Waals surface area contributed by atoms with Crippen molar-refractivity contribution in [2.45, 2.75) is 31.6 Å². The quantitative estimate of drug-likeness (QED) is 0.592. The SMILES string of the molecule is CCCN(CCC)S(=O)(=O)c1ccc(NC(=O)/C=C/c2ccccc2Cl)cc1. The first-order valence-corrected chi connectivity index (χ1v) is 11.0. The number of carbonyl (C=O) groups is 1. The van der Waals surface area contributed by atoms with Crippen molar-refractivity contribution in [2.24, 2.45) is 0 Å². The van der Waals surface area contributed by atoms with Crippen LogP contribution in [0.25, 0.3) is 6.08 Å². The van der Waals surface area contributed by atoms with Crippen molar-refractivity contribution < 1.29 is 13.2 Å². The minimum Gasteiger partial charge on any atom is -0.323 e. The lowest BCUT2D eigenvalue weighted by Gasteiger charge is -2.21. The van der Waals surface area contributed by atoms with Crippen LogP contribution in [0.2, 0.25) is 5.02 Å². The number of halogens is 1. The van der Waals surface area contributed by atoms with Gasteiger partial charge in [0.05, 0.1) is 4.90 Å². The largest absolute Gasteiger partial charge is 0.323 e. The highest BCUT2D eigenvalue weighted by molar-refractivity contribution is 7.89. The predicted molar refractivity (Wildman–Crippen MR) is 115 cm³/mol. The number of nitrogens with one attached hydrogen (secondary N) is 1. The average molecular weight is 421 g/mol. The number of anilines is 1. The van der Waals surface area contributed by atoms with Crippen molar-refractivity contribution in [1.82, 2.24) is 4.31 Å². The van der Waals surface area contributed by atoms with Gasteiger partial charge in [-0.25, -0.2) is 8.42 Å². The molecule has 0 spiro atoms. The van der Waals surface area contributed by atoms with Crippen molar-refractivity contribution in [3.63, 3.8) is 0 Å². The molecule has 5 nitrogen and oxygen atoms in total. The molecule has 150 valence electrons. The summed E-state index contributed by atoms with van der Waals surface area (Å²) in [5.74, 6) is -0.325. The van der Waals surface area contributed by atoms with Gasteiger partial charge in [0.25, 0.3) is 0 Å². The monoisotopic (exact) mass is 420 g/mol. The number of hydrogen-bond acceptors (Lipinski definition) is 3. The molecule has 0 bridgehead atoms.